The van der Waals surface area contributed by atoms with Crippen molar-refractivity contribution in [2.75, 3.05) is 6.61 Å². The summed E-state index contributed by atoms with van der Waals surface area (Å²) in [7, 11) is 0. The third kappa shape index (κ3) is 7.07. The van der Waals surface area contributed by atoms with Crippen LogP contribution in [-0.4, -0.2) is 18.1 Å². The minimum Gasteiger partial charge on any atom is -0.464 e. The van der Waals surface area contributed by atoms with Crippen molar-refractivity contribution in [3.63, 3.8) is 0 Å². The molecule has 0 rings (SSSR count). The van der Waals surface area contributed by atoms with Crippen LogP contribution in [0.4, 0.5) is 0 Å². The van der Waals surface area contributed by atoms with Crippen LogP contribution < -0.4 is 4.84 Å². The van der Waals surface area contributed by atoms with Crippen LogP contribution in [0, 0.1) is 0 Å². The first-order valence-corrected chi connectivity index (χ1v) is 6.47. The zero-order valence-electron chi connectivity index (χ0n) is 10.6. The topological polar surface area (TPSA) is 38.3 Å². The molecule has 3 nitrogen and oxygen atoms in total. The van der Waals surface area contributed by atoms with Gasteiger partial charge in [0.1, 0.15) is 5.54 Å². The highest BCUT2D eigenvalue weighted by atomic mass is 35.5. The van der Waals surface area contributed by atoms with Crippen LogP contribution in [0.2, 0.25) is 0 Å². The molecule has 0 bridgehead atoms. The summed E-state index contributed by atoms with van der Waals surface area (Å²) in [5.74, 6) is -0.295. The standard InChI is InChI=1S/C12H24ClNO2/c1-4-5-6-7-8-9-10-16-11(15)12(2,3)14-13/h14H,4-10H2,1-3H3. The Morgan fingerprint density at radius 2 is 1.75 bits per heavy atom. The van der Waals surface area contributed by atoms with E-state index >= 15 is 0 Å². The van der Waals surface area contributed by atoms with Gasteiger partial charge in [-0.15, -0.1) is 0 Å². The molecule has 0 atom stereocenters. The number of ether oxygens (including phenoxy) is 1. The summed E-state index contributed by atoms with van der Waals surface area (Å²) in [6.07, 6.45) is 7.12. The van der Waals surface area contributed by atoms with Crippen LogP contribution >= 0.6 is 11.8 Å². The molecule has 96 valence electrons. The van der Waals surface area contributed by atoms with Gasteiger partial charge in [0.15, 0.2) is 0 Å². The quantitative estimate of drug-likeness (QED) is 0.387. The van der Waals surface area contributed by atoms with Crippen molar-refractivity contribution in [1.29, 1.82) is 0 Å². The fourth-order valence-corrected chi connectivity index (χ4v) is 1.34. The molecule has 0 radical (unpaired) electrons. The third-order valence-electron chi connectivity index (χ3n) is 2.48. The molecule has 0 heterocycles. The molecule has 0 unspecified atom stereocenters. The number of carbonyl (C=O) groups is 1. The minimum absolute atomic E-state index is 0.295. The first-order chi connectivity index (χ1) is 7.54. The molecule has 0 aliphatic carbocycles. The molecule has 4 heteroatoms. The van der Waals surface area contributed by atoms with Gasteiger partial charge in [0.2, 0.25) is 0 Å². The summed E-state index contributed by atoms with van der Waals surface area (Å²) in [6, 6.07) is 0. The van der Waals surface area contributed by atoms with Crippen molar-refractivity contribution in [3.05, 3.63) is 0 Å². The lowest BCUT2D eigenvalue weighted by molar-refractivity contribution is -0.149. The van der Waals surface area contributed by atoms with Crippen molar-refractivity contribution in [2.45, 2.75) is 64.8 Å². The SMILES string of the molecule is CCCCCCCCOC(=O)C(C)(C)NCl. The second kappa shape index (κ2) is 8.82. The van der Waals surface area contributed by atoms with Gasteiger partial charge in [0.25, 0.3) is 0 Å². The molecular weight excluding hydrogens is 226 g/mol. The molecule has 0 saturated carbocycles. The molecule has 0 fully saturated rings. The largest absolute Gasteiger partial charge is 0.464 e. The molecule has 16 heavy (non-hydrogen) atoms. The Morgan fingerprint density at radius 3 is 2.31 bits per heavy atom. The Balaban J connectivity index is 3.42. The van der Waals surface area contributed by atoms with E-state index in [2.05, 4.69) is 11.8 Å². The Hall–Kier alpha value is -0.280. The summed E-state index contributed by atoms with van der Waals surface area (Å²) in [5.41, 5.74) is -0.802. The highest BCUT2D eigenvalue weighted by molar-refractivity contribution is 6.15. The molecule has 0 aliphatic rings. The van der Waals surface area contributed by atoms with Crippen LogP contribution in [0.5, 0.6) is 0 Å². The predicted octanol–water partition coefficient (Wildman–Crippen LogP) is 3.41. The van der Waals surface area contributed by atoms with Crippen LogP contribution in [0.25, 0.3) is 0 Å². The number of hydrogen-bond donors (Lipinski definition) is 1. The van der Waals surface area contributed by atoms with Crippen LogP contribution in [0.15, 0.2) is 0 Å². The van der Waals surface area contributed by atoms with Gasteiger partial charge in [-0.25, -0.2) is 4.84 Å². The number of rotatable bonds is 9. The normalized spacial score (nSPS) is 11.5. The van der Waals surface area contributed by atoms with E-state index in [0.29, 0.717) is 6.61 Å². The monoisotopic (exact) mass is 249 g/mol. The lowest BCUT2D eigenvalue weighted by Gasteiger charge is -2.19. The maximum absolute atomic E-state index is 11.5. The number of halogens is 1. The van der Waals surface area contributed by atoms with Gasteiger partial charge < -0.3 is 4.74 Å². The zero-order chi connectivity index (χ0) is 12.4. The average molecular weight is 250 g/mol. The highest BCUT2D eigenvalue weighted by Crippen LogP contribution is 2.08. The number of carbonyl (C=O) groups excluding carboxylic acids is 1. The smallest absolute Gasteiger partial charge is 0.326 e. The second-order valence-electron chi connectivity index (χ2n) is 4.62. The van der Waals surface area contributed by atoms with E-state index in [4.69, 9.17) is 16.5 Å². The van der Waals surface area contributed by atoms with Crippen molar-refractivity contribution >= 4 is 17.7 Å². The van der Waals surface area contributed by atoms with Crippen molar-refractivity contribution in [3.8, 4) is 0 Å². The molecular formula is C12H24ClNO2. The molecule has 1 N–H and O–H groups in total. The van der Waals surface area contributed by atoms with E-state index < -0.39 is 5.54 Å². The van der Waals surface area contributed by atoms with E-state index in [0.717, 1.165) is 12.8 Å². The molecule has 0 aliphatic heterocycles. The van der Waals surface area contributed by atoms with Crippen LogP contribution in [-0.2, 0) is 9.53 Å². The maximum atomic E-state index is 11.5. The maximum Gasteiger partial charge on any atom is 0.326 e. The Kier molecular flexibility index (Phi) is 8.67. The van der Waals surface area contributed by atoms with E-state index in [1.807, 2.05) is 0 Å². The van der Waals surface area contributed by atoms with Gasteiger partial charge in [-0.3, -0.25) is 4.79 Å². The van der Waals surface area contributed by atoms with Gasteiger partial charge >= 0.3 is 5.97 Å². The van der Waals surface area contributed by atoms with E-state index in [1.54, 1.807) is 13.8 Å². The fraction of sp³-hybridized carbons (Fsp3) is 0.917. The Bertz CT molecular complexity index is 195. The summed E-state index contributed by atoms with van der Waals surface area (Å²) in [5, 5.41) is 0. The lowest BCUT2D eigenvalue weighted by Crippen LogP contribution is -2.43. The zero-order valence-corrected chi connectivity index (χ0v) is 11.4. The van der Waals surface area contributed by atoms with Crippen LogP contribution in [0.3, 0.4) is 0 Å². The lowest BCUT2D eigenvalue weighted by atomic mass is 10.1. The average Bonchev–Trinajstić information content (AvgIpc) is 2.27. The number of hydrogen-bond acceptors (Lipinski definition) is 3. The third-order valence-corrected chi connectivity index (χ3v) is 2.95. The highest BCUT2D eigenvalue weighted by Gasteiger charge is 2.27. The van der Waals surface area contributed by atoms with Gasteiger partial charge in [-0.05, 0) is 32.0 Å². The van der Waals surface area contributed by atoms with Gasteiger partial charge in [0.05, 0.1) is 6.61 Å². The fourth-order valence-electron chi connectivity index (χ4n) is 1.27. The van der Waals surface area contributed by atoms with E-state index in [1.165, 1.54) is 25.7 Å². The van der Waals surface area contributed by atoms with Gasteiger partial charge in [0, 0.05) is 0 Å². The molecule has 0 amide bonds. The molecule has 0 aromatic heterocycles. The molecule has 0 aromatic carbocycles. The molecule has 0 saturated heterocycles. The second-order valence-corrected chi connectivity index (χ2v) is 4.81. The van der Waals surface area contributed by atoms with Crippen molar-refractivity contribution in [1.82, 2.24) is 4.84 Å². The van der Waals surface area contributed by atoms with E-state index in [-0.39, 0.29) is 5.97 Å². The molecule has 0 aromatic rings. The van der Waals surface area contributed by atoms with Gasteiger partial charge in [-0.1, -0.05) is 39.0 Å². The summed E-state index contributed by atoms with van der Waals surface area (Å²) >= 11 is 5.43. The molecule has 0 spiro atoms. The summed E-state index contributed by atoms with van der Waals surface area (Å²) in [4.78, 5) is 13.9. The first-order valence-electron chi connectivity index (χ1n) is 6.09. The minimum atomic E-state index is -0.802. The number of nitrogens with one attached hydrogen (secondary N) is 1. The Labute approximate surface area is 104 Å². The number of esters is 1. The number of unbranched alkanes of at least 4 members (excludes halogenated alkanes) is 5. The predicted molar refractivity (Wildman–Crippen MR) is 67.4 cm³/mol. The first kappa shape index (κ1) is 15.7. The Morgan fingerprint density at radius 1 is 1.19 bits per heavy atom. The van der Waals surface area contributed by atoms with Crippen LogP contribution in [0.1, 0.15) is 59.3 Å². The van der Waals surface area contributed by atoms with Gasteiger partial charge in [-0.2, -0.15) is 0 Å². The summed E-state index contributed by atoms with van der Waals surface area (Å²) < 4.78 is 5.12. The van der Waals surface area contributed by atoms with Crippen molar-refractivity contribution < 1.29 is 9.53 Å². The summed E-state index contributed by atoms with van der Waals surface area (Å²) in [6.45, 7) is 6.09. The van der Waals surface area contributed by atoms with Crippen molar-refractivity contribution in [2.24, 2.45) is 0 Å². The van der Waals surface area contributed by atoms with E-state index in [9.17, 15) is 4.79 Å².